The first kappa shape index (κ1) is 17.8. The summed E-state index contributed by atoms with van der Waals surface area (Å²) in [5.74, 6) is 1.45. The van der Waals surface area contributed by atoms with Crippen LogP contribution in [-0.2, 0) is 6.54 Å². The number of aryl methyl sites for hydroxylation is 2. The Hall–Kier alpha value is -1.96. The van der Waals surface area contributed by atoms with Crippen molar-refractivity contribution in [2.24, 2.45) is 0 Å². The number of rotatable bonds is 6. The van der Waals surface area contributed by atoms with Crippen LogP contribution in [0.15, 0.2) is 33.5 Å². The van der Waals surface area contributed by atoms with Crippen molar-refractivity contribution in [3.05, 3.63) is 51.8 Å². The van der Waals surface area contributed by atoms with Crippen LogP contribution in [-0.4, -0.2) is 64.0 Å². The molecule has 2 aromatic rings. The largest absolute Gasteiger partial charge is 0.464 e. The Labute approximate surface area is 147 Å². The highest BCUT2D eigenvalue weighted by Gasteiger charge is 2.21. The van der Waals surface area contributed by atoms with E-state index in [0.29, 0.717) is 18.8 Å². The molecule has 0 spiro atoms. The summed E-state index contributed by atoms with van der Waals surface area (Å²) in [7, 11) is 0. The van der Waals surface area contributed by atoms with Gasteiger partial charge in [-0.3, -0.25) is 14.6 Å². The highest BCUT2D eigenvalue weighted by molar-refractivity contribution is 5.08. The van der Waals surface area contributed by atoms with Crippen LogP contribution in [0.2, 0.25) is 0 Å². The van der Waals surface area contributed by atoms with Gasteiger partial charge in [-0.05, 0) is 32.0 Å². The van der Waals surface area contributed by atoms with Gasteiger partial charge in [0.1, 0.15) is 17.6 Å². The van der Waals surface area contributed by atoms with Gasteiger partial charge in [0, 0.05) is 45.3 Å². The van der Waals surface area contributed by atoms with E-state index in [4.69, 9.17) is 4.42 Å². The molecular weight excluding hydrogens is 320 g/mol. The molecule has 7 heteroatoms. The SMILES string of the molecule is Cc1ccc(=O)n(CCN2CCN(CC(O)c3ccc(C)o3)CC2)n1. The van der Waals surface area contributed by atoms with Gasteiger partial charge in [0.2, 0.25) is 0 Å². The van der Waals surface area contributed by atoms with Crippen LogP contribution in [0.5, 0.6) is 0 Å². The normalized spacial score (nSPS) is 17.7. The number of nitrogens with zero attached hydrogens (tertiary/aromatic N) is 4. The van der Waals surface area contributed by atoms with Gasteiger partial charge in [0.25, 0.3) is 5.56 Å². The number of furan rings is 1. The first-order valence-electron chi connectivity index (χ1n) is 8.75. The van der Waals surface area contributed by atoms with Gasteiger partial charge in [-0.25, -0.2) is 4.68 Å². The van der Waals surface area contributed by atoms with Crippen molar-refractivity contribution in [1.29, 1.82) is 0 Å². The van der Waals surface area contributed by atoms with Crippen LogP contribution in [0, 0.1) is 13.8 Å². The lowest BCUT2D eigenvalue weighted by Gasteiger charge is -2.35. The number of β-amino-alcohol motifs (C(OH)–C–C–N with tert-alkyl or cyclic N) is 1. The maximum atomic E-state index is 11.8. The van der Waals surface area contributed by atoms with Crippen LogP contribution in [0.4, 0.5) is 0 Å². The average molecular weight is 346 g/mol. The summed E-state index contributed by atoms with van der Waals surface area (Å²) in [6, 6.07) is 7.02. The molecule has 0 amide bonds. The molecule has 7 nitrogen and oxygen atoms in total. The van der Waals surface area contributed by atoms with E-state index in [9.17, 15) is 9.90 Å². The predicted molar refractivity (Wildman–Crippen MR) is 94.5 cm³/mol. The monoisotopic (exact) mass is 346 g/mol. The lowest BCUT2D eigenvalue weighted by molar-refractivity contribution is 0.0601. The molecule has 1 fully saturated rings. The highest BCUT2D eigenvalue weighted by Crippen LogP contribution is 2.18. The van der Waals surface area contributed by atoms with Crippen LogP contribution in [0.1, 0.15) is 23.3 Å². The Bertz CT molecular complexity index is 747. The summed E-state index contributed by atoms with van der Waals surface area (Å²) >= 11 is 0. The summed E-state index contributed by atoms with van der Waals surface area (Å²) in [6.45, 7) is 9.40. The number of hydrogen-bond acceptors (Lipinski definition) is 6. The maximum Gasteiger partial charge on any atom is 0.266 e. The fourth-order valence-electron chi connectivity index (χ4n) is 3.11. The van der Waals surface area contributed by atoms with Crippen LogP contribution in [0.3, 0.4) is 0 Å². The molecule has 1 aliphatic rings. The molecule has 0 aromatic carbocycles. The zero-order valence-corrected chi connectivity index (χ0v) is 14.9. The summed E-state index contributed by atoms with van der Waals surface area (Å²) < 4.78 is 7.02. The molecular formula is C18H26N4O3. The second-order valence-corrected chi connectivity index (χ2v) is 6.64. The molecule has 0 bridgehead atoms. The van der Waals surface area contributed by atoms with Crippen molar-refractivity contribution < 1.29 is 9.52 Å². The van der Waals surface area contributed by atoms with Crippen LogP contribution >= 0.6 is 0 Å². The van der Waals surface area contributed by atoms with Crippen molar-refractivity contribution in [3.8, 4) is 0 Å². The van der Waals surface area contributed by atoms with Gasteiger partial charge in [0.05, 0.1) is 12.2 Å². The van der Waals surface area contributed by atoms with Gasteiger partial charge in [0.15, 0.2) is 0 Å². The number of piperazine rings is 1. The third kappa shape index (κ3) is 4.78. The standard InChI is InChI=1S/C18H26N4O3/c1-14-3-6-18(24)22(19-14)12-11-20-7-9-21(10-8-20)13-16(23)17-5-4-15(2)25-17/h3-6,16,23H,7-13H2,1-2H3. The van der Waals surface area contributed by atoms with Crippen molar-refractivity contribution >= 4 is 0 Å². The molecule has 0 radical (unpaired) electrons. The fraction of sp³-hybridized carbons (Fsp3) is 0.556. The van der Waals surface area contributed by atoms with Gasteiger partial charge in [-0.1, -0.05) is 0 Å². The van der Waals surface area contributed by atoms with Crippen molar-refractivity contribution in [2.75, 3.05) is 39.3 Å². The van der Waals surface area contributed by atoms with Crippen LogP contribution in [0.25, 0.3) is 0 Å². The second-order valence-electron chi connectivity index (χ2n) is 6.64. The second kappa shape index (κ2) is 7.95. The first-order valence-corrected chi connectivity index (χ1v) is 8.75. The van der Waals surface area contributed by atoms with E-state index in [1.807, 2.05) is 26.0 Å². The lowest BCUT2D eigenvalue weighted by Crippen LogP contribution is -2.48. The number of aromatic nitrogens is 2. The van der Waals surface area contributed by atoms with E-state index in [2.05, 4.69) is 14.9 Å². The fourth-order valence-corrected chi connectivity index (χ4v) is 3.11. The molecule has 1 atom stereocenters. The minimum Gasteiger partial charge on any atom is -0.464 e. The summed E-state index contributed by atoms with van der Waals surface area (Å²) in [4.78, 5) is 16.4. The maximum absolute atomic E-state index is 11.8. The van der Waals surface area contributed by atoms with Crippen molar-refractivity contribution in [3.63, 3.8) is 0 Å². The molecule has 25 heavy (non-hydrogen) atoms. The van der Waals surface area contributed by atoms with Gasteiger partial charge in [-0.15, -0.1) is 0 Å². The zero-order chi connectivity index (χ0) is 17.8. The molecule has 1 aliphatic heterocycles. The van der Waals surface area contributed by atoms with Gasteiger partial charge >= 0.3 is 0 Å². The predicted octanol–water partition coefficient (Wildman–Crippen LogP) is 0.804. The molecule has 1 unspecified atom stereocenters. The van der Waals surface area contributed by atoms with E-state index in [1.165, 1.54) is 4.68 Å². The molecule has 1 saturated heterocycles. The molecule has 0 saturated carbocycles. The van der Waals surface area contributed by atoms with Gasteiger partial charge < -0.3 is 9.52 Å². The number of hydrogen-bond donors (Lipinski definition) is 1. The van der Waals surface area contributed by atoms with E-state index in [-0.39, 0.29) is 5.56 Å². The first-order chi connectivity index (χ1) is 12.0. The Morgan fingerprint density at radius 1 is 1.08 bits per heavy atom. The lowest BCUT2D eigenvalue weighted by atomic mass is 10.2. The smallest absolute Gasteiger partial charge is 0.266 e. The highest BCUT2D eigenvalue weighted by atomic mass is 16.4. The molecule has 1 N–H and O–H groups in total. The summed E-state index contributed by atoms with van der Waals surface area (Å²) in [5.41, 5.74) is 0.799. The Kier molecular flexibility index (Phi) is 5.67. The molecule has 3 rings (SSSR count). The van der Waals surface area contributed by atoms with E-state index in [0.717, 1.165) is 44.2 Å². The summed E-state index contributed by atoms with van der Waals surface area (Å²) in [5, 5.41) is 14.5. The quantitative estimate of drug-likeness (QED) is 0.834. The summed E-state index contributed by atoms with van der Waals surface area (Å²) in [6.07, 6.45) is -0.588. The molecule has 3 heterocycles. The van der Waals surface area contributed by atoms with E-state index >= 15 is 0 Å². The average Bonchev–Trinajstić information content (AvgIpc) is 3.03. The minimum absolute atomic E-state index is 0.0545. The molecule has 0 aliphatic carbocycles. The number of aliphatic hydroxyl groups excluding tert-OH is 1. The topological polar surface area (TPSA) is 74.7 Å². The Morgan fingerprint density at radius 3 is 2.48 bits per heavy atom. The van der Waals surface area contributed by atoms with Gasteiger partial charge in [-0.2, -0.15) is 5.10 Å². The van der Waals surface area contributed by atoms with Crippen LogP contribution < -0.4 is 5.56 Å². The Morgan fingerprint density at radius 2 is 1.80 bits per heavy atom. The third-order valence-electron chi connectivity index (χ3n) is 4.61. The number of aliphatic hydroxyl groups is 1. The van der Waals surface area contributed by atoms with E-state index in [1.54, 1.807) is 12.1 Å². The van der Waals surface area contributed by atoms with E-state index < -0.39 is 6.10 Å². The molecule has 136 valence electrons. The minimum atomic E-state index is -0.588. The Balaban J connectivity index is 1.44. The van der Waals surface area contributed by atoms with Crippen molar-refractivity contribution in [2.45, 2.75) is 26.5 Å². The molecule has 2 aromatic heterocycles. The zero-order valence-electron chi connectivity index (χ0n) is 14.9. The van der Waals surface area contributed by atoms with Crippen molar-refractivity contribution in [1.82, 2.24) is 19.6 Å². The third-order valence-corrected chi connectivity index (χ3v) is 4.61.